The number of aryl methyl sites for hydroxylation is 1. The van der Waals surface area contributed by atoms with Crippen LogP contribution in [-0.4, -0.2) is 19.6 Å². The summed E-state index contributed by atoms with van der Waals surface area (Å²) >= 11 is 0. The molecule has 2 aromatic heterocycles. The maximum atomic E-state index is 12.6. The zero-order chi connectivity index (χ0) is 52.6. The molecule has 0 aliphatic heterocycles. The Labute approximate surface area is 421 Å². The highest BCUT2D eigenvalue weighted by atomic mass is 16.3. The minimum Gasteiger partial charge on any atom is -0.507 e. The molecule has 7 aromatic carbocycles. The number of benzene rings is 7. The molecule has 1 N–H and O–H groups in total. The fourth-order valence-electron chi connectivity index (χ4n) is 9.55. The molecule has 2 heterocycles. The van der Waals surface area contributed by atoms with Gasteiger partial charge in [0.15, 0.2) is 0 Å². The van der Waals surface area contributed by atoms with Crippen LogP contribution in [0.1, 0.15) is 138 Å². The molecule has 0 spiro atoms. The number of hydrogen-bond acceptors (Lipinski definition) is 3. The van der Waals surface area contributed by atoms with Gasteiger partial charge >= 0.3 is 0 Å². The van der Waals surface area contributed by atoms with E-state index in [-0.39, 0.29) is 16.6 Å². The molecule has 0 saturated carbocycles. The molecule has 70 heavy (non-hydrogen) atoms. The summed E-state index contributed by atoms with van der Waals surface area (Å²) in [7, 11) is 0. The number of para-hydroxylation sites is 1. The van der Waals surface area contributed by atoms with Gasteiger partial charge in [-0.25, -0.2) is 4.98 Å². The van der Waals surface area contributed by atoms with Gasteiger partial charge in [-0.2, -0.15) is 0 Å². The summed E-state index contributed by atoms with van der Waals surface area (Å²) in [5.41, 5.74) is 18.4. The summed E-state index contributed by atoms with van der Waals surface area (Å²) in [4.78, 5) is 10.6. The summed E-state index contributed by atoms with van der Waals surface area (Å²) < 4.78 is 29.3. The van der Waals surface area contributed by atoms with Crippen LogP contribution >= 0.6 is 0 Å². The second kappa shape index (κ2) is 18.7. The topological polar surface area (TPSA) is 50.9 Å². The molecule has 0 fully saturated rings. The number of imidazole rings is 1. The Morgan fingerprint density at radius 3 is 1.79 bits per heavy atom. The fraction of sp³-hybridized carbons (Fsp3) is 0.273. The monoisotopic (exact) mass is 923 g/mol. The van der Waals surface area contributed by atoms with E-state index >= 15 is 0 Å². The summed E-state index contributed by atoms with van der Waals surface area (Å²) in [6.07, 6.45) is 1.87. The molecule has 0 saturated heterocycles. The molecular weight excluding hydrogens is 851 g/mol. The maximum Gasteiger partial charge on any atom is 0.149 e. The largest absolute Gasteiger partial charge is 0.507 e. The number of phenolic OH excluding ortho intramolecular Hbond substituents is 1. The van der Waals surface area contributed by atoms with E-state index in [1.165, 1.54) is 5.56 Å². The van der Waals surface area contributed by atoms with Crippen molar-refractivity contribution in [2.24, 2.45) is 0 Å². The molecule has 0 bridgehead atoms. The number of aromatic nitrogens is 3. The average molecular weight is 923 g/mol. The highest BCUT2D eigenvalue weighted by Gasteiger charge is 2.27. The van der Waals surface area contributed by atoms with E-state index in [0.29, 0.717) is 22.5 Å². The molecule has 4 heteroatoms. The van der Waals surface area contributed by atoms with E-state index in [1.54, 1.807) is 13.8 Å². The Morgan fingerprint density at radius 2 is 1.14 bits per heavy atom. The number of nitrogens with zero attached hydrogens (tertiary/aromatic N) is 3. The molecule has 0 aliphatic carbocycles. The molecule has 0 unspecified atom stereocenters. The first-order chi connectivity index (χ1) is 34.2. The van der Waals surface area contributed by atoms with Crippen LogP contribution in [-0.2, 0) is 10.8 Å². The van der Waals surface area contributed by atoms with Crippen LogP contribution in [0.2, 0.25) is 0 Å². The number of hydrogen-bond donors (Lipinski definition) is 1. The summed E-state index contributed by atoms with van der Waals surface area (Å²) in [6, 6.07) is 53.1. The highest BCUT2D eigenvalue weighted by molar-refractivity contribution is 5.98. The SMILES string of the molecule is [2H]C(C)(C)c1ccc(-c2ccnc(-c3cc(-c4cccc5c4nc(-c4cc(C([2H])(C)C)cc(C([2H])(C)C)c4O)n5-c4cc(C)c(-c5ccc(C(C)(C)C)cc5)cc4-c4ccccc4)cc(C(C)(C)C)c3)c2)cc1. The fourth-order valence-corrected chi connectivity index (χ4v) is 9.55. The van der Waals surface area contributed by atoms with Gasteiger partial charge in [0.1, 0.15) is 11.6 Å². The Bertz CT molecular complexity index is 3520. The number of rotatable bonds is 10. The first-order valence-electron chi connectivity index (χ1n) is 26.1. The Morgan fingerprint density at radius 1 is 0.500 bits per heavy atom. The van der Waals surface area contributed by atoms with Crippen LogP contribution in [0.25, 0.3) is 83.9 Å². The van der Waals surface area contributed by atoms with Gasteiger partial charge in [-0.05, 0) is 151 Å². The predicted molar refractivity (Wildman–Crippen MR) is 298 cm³/mol. The third kappa shape index (κ3) is 9.37. The van der Waals surface area contributed by atoms with E-state index in [4.69, 9.17) is 11.3 Å². The van der Waals surface area contributed by atoms with Crippen LogP contribution in [0, 0.1) is 6.92 Å². The molecule has 9 aromatic rings. The smallest absolute Gasteiger partial charge is 0.149 e. The van der Waals surface area contributed by atoms with Crippen molar-refractivity contribution >= 4 is 11.0 Å². The minimum atomic E-state index is -1.18. The third-order valence-corrected chi connectivity index (χ3v) is 13.8. The highest BCUT2D eigenvalue weighted by Crippen LogP contribution is 2.46. The van der Waals surface area contributed by atoms with Gasteiger partial charge < -0.3 is 5.11 Å². The lowest BCUT2D eigenvalue weighted by Crippen LogP contribution is -2.11. The molecular formula is C66H69N3O. The van der Waals surface area contributed by atoms with E-state index < -0.39 is 17.7 Å². The lowest BCUT2D eigenvalue weighted by molar-refractivity contribution is 0.466. The molecule has 354 valence electrons. The van der Waals surface area contributed by atoms with Gasteiger partial charge in [0.05, 0.1) is 28.0 Å². The van der Waals surface area contributed by atoms with E-state index in [2.05, 4.69) is 168 Å². The molecule has 0 amide bonds. The van der Waals surface area contributed by atoms with Crippen molar-refractivity contribution in [1.29, 1.82) is 0 Å². The summed E-state index contributed by atoms with van der Waals surface area (Å²) in [5, 5.41) is 12.6. The van der Waals surface area contributed by atoms with Crippen molar-refractivity contribution in [3.8, 4) is 78.6 Å². The molecule has 9 rings (SSSR count). The van der Waals surface area contributed by atoms with E-state index in [1.807, 2.05) is 70.3 Å². The number of pyridine rings is 1. The molecule has 0 radical (unpaired) electrons. The van der Waals surface area contributed by atoms with Crippen LogP contribution in [0.3, 0.4) is 0 Å². The normalized spacial score (nSPS) is 13.3. The first-order valence-corrected chi connectivity index (χ1v) is 24.6. The standard InChI is InChI=1S/C66H69N3O/c1-40(2)44-22-24-45(25-23-44)48-30-31-67-59(38-48)51-33-50(34-53(35-51)66(11,12)13)54-20-17-21-60-62(54)68-64(58-37-49(41(3)4)36-55(42(5)6)63(58)70)69(60)61-32-43(7)56(39-57(61)46-18-15-14-16-19-46)47-26-28-52(29-27-47)65(8,9)10/h14-42,70H,1-13H3/i40D,41D,42D. The third-order valence-electron chi connectivity index (χ3n) is 13.8. The van der Waals surface area contributed by atoms with Gasteiger partial charge in [0, 0.05) is 27.0 Å². The van der Waals surface area contributed by atoms with Crippen LogP contribution < -0.4 is 0 Å². The molecule has 4 nitrogen and oxygen atoms in total. The predicted octanol–water partition coefficient (Wildman–Crippen LogP) is 18.4. The summed E-state index contributed by atoms with van der Waals surface area (Å²) in [5.74, 6) is -2.44. The second-order valence-corrected chi connectivity index (χ2v) is 21.8. The number of fused-ring (bicyclic) bond motifs is 1. The van der Waals surface area contributed by atoms with Crippen molar-refractivity contribution in [1.82, 2.24) is 14.5 Å². The van der Waals surface area contributed by atoms with Gasteiger partial charge in [0.2, 0.25) is 0 Å². The lowest BCUT2D eigenvalue weighted by Gasteiger charge is -2.22. The molecule has 0 aliphatic rings. The van der Waals surface area contributed by atoms with Crippen molar-refractivity contribution in [2.75, 3.05) is 0 Å². The Balaban J connectivity index is 1.33. The second-order valence-electron chi connectivity index (χ2n) is 21.8. The van der Waals surface area contributed by atoms with Gasteiger partial charge in [0.25, 0.3) is 0 Å². The number of phenols is 1. The van der Waals surface area contributed by atoms with Crippen molar-refractivity contribution in [3.63, 3.8) is 0 Å². The Hall–Kier alpha value is -7.04. The average Bonchev–Trinajstić information content (AvgIpc) is 3.72. The van der Waals surface area contributed by atoms with Crippen LogP contribution in [0.4, 0.5) is 0 Å². The Kier molecular flexibility index (Phi) is 11.8. The minimum absolute atomic E-state index is 0.0174. The lowest BCUT2D eigenvalue weighted by atomic mass is 9.83. The summed E-state index contributed by atoms with van der Waals surface area (Å²) in [6.45, 7) is 26.6. The van der Waals surface area contributed by atoms with E-state index in [0.717, 1.165) is 89.2 Å². The van der Waals surface area contributed by atoms with Crippen LogP contribution in [0.5, 0.6) is 5.75 Å². The van der Waals surface area contributed by atoms with Crippen molar-refractivity contribution < 1.29 is 9.22 Å². The first kappa shape index (κ1) is 44.2. The molecule has 0 atom stereocenters. The van der Waals surface area contributed by atoms with Gasteiger partial charge in [-0.1, -0.05) is 186 Å². The van der Waals surface area contributed by atoms with Crippen molar-refractivity contribution in [3.05, 3.63) is 191 Å². The quantitative estimate of drug-likeness (QED) is 0.149. The number of aromatic hydroxyl groups is 1. The van der Waals surface area contributed by atoms with Crippen molar-refractivity contribution in [2.45, 2.75) is 119 Å². The maximum absolute atomic E-state index is 12.6. The zero-order valence-corrected chi connectivity index (χ0v) is 43.3. The van der Waals surface area contributed by atoms with Gasteiger partial charge in [-0.3, -0.25) is 9.55 Å². The zero-order valence-electron chi connectivity index (χ0n) is 46.3. The van der Waals surface area contributed by atoms with Gasteiger partial charge in [-0.15, -0.1) is 0 Å². The van der Waals surface area contributed by atoms with E-state index in [9.17, 15) is 7.85 Å². The van der Waals surface area contributed by atoms with Crippen LogP contribution in [0.15, 0.2) is 158 Å².